The predicted molar refractivity (Wildman–Crippen MR) is 60.4 cm³/mol. The van der Waals surface area contributed by atoms with E-state index in [4.69, 9.17) is 5.73 Å². The van der Waals surface area contributed by atoms with Crippen LogP contribution < -0.4 is 0 Å². The van der Waals surface area contributed by atoms with E-state index in [-0.39, 0.29) is 54.7 Å². The van der Waals surface area contributed by atoms with Crippen LogP contribution in [-0.2, 0) is 16.8 Å². The molecule has 0 fully saturated rings. The minimum Gasteiger partial charge on any atom is -0.693 e. The van der Waals surface area contributed by atoms with Crippen LogP contribution in [0, 0.1) is 0 Å². The van der Waals surface area contributed by atoms with E-state index in [1.807, 2.05) is 0 Å². The number of nitrogens with zero attached hydrogens (tertiary/aromatic N) is 1. The molecule has 1 heterocycles. The number of hydrogen-bond donors (Lipinski definition) is 0. The number of nitrogens with two attached hydrogens (primary N) is 5. The van der Waals surface area contributed by atoms with E-state index in [0.29, 0.717) is 0 Å². The Hall–Kier alpha value is -1.07. The van der Waals surface area contributed by atoms with E-state index in [1.54, 1.807) is 12.1 Å². The third-order valence-corrected chi connectivity index (χ3v) is 0.898. The van der Waals surface area contributed by atoms with Crippen LogP contribution in [0.2, 0.25) is 0 Å². The number of hydrogen-bond acceptors (Lipinski definition) is 2. The number of carbonyl (C=O) groups excluding carboxylic acids is 1. The number of aromatic nitrogens is 1. The third kappa shape index (κ3) is 12.9. The number of pyridine rings is 1. The molecule has 0 saturated heterocycles. The van der Waals surface area contributed by atoms with Crippen LogP contribution in [0.3, 0.4) is 0 Å². The maximum atomic E-state index is 10.2. The van der Waals surface area contributed by atoms with Gasteiger partial charge in [0, 0.05) is 6.20 Å². The molecule has 1 amide bonds. The van der Waals surface area contributed by atoms with E-state index in [0.717, 1.165) is 0 Å². The van der Waals surface area contributed by atoms with Crippen LogP contribution in [-0.4, -0.2) is 10.9 Å². The van der Waals surface area contributed by atoms with Crippen LogP contribution in [0.1, 0.15) is 11.9 Å². The van der Waals surface area contributed by atoms with Gasteiger partial charge in [-0.15, -0.1) is 0 Å². The van der Waals surface area contributed by atoms with Crippen molar-refractivity contribution in [2.45, 2.75) is 0 Å². The van der Waals surface area contributed by atoms with Crippen molar-refractivity contribution in [1.29, 1.82) is 0 Å². The maximum Gasteiger partial charge on any atom is 3.00 e. The fourth-order valence-corrected chi connectivity index (χ4v) is 0.497. The average molecular weight is 261 g/mol. The van der Waals surface area contributed by atoms with Gasteiger partial charge < -0.3 is 41.3 Å². The maximum absolute atomic E-state index is 10.2. The molecule has 8 nitrogen and oxygen atoms in total. The van der Waals surface area contributed by atoms with E-state index < -0.39 is 5.91 Å². The van der Waals surface area contributed by atoms with Gasteiger partial charge in [0.1, 0.15) is 0 Å². The molecule has 0 aliphatic carbocycles. The Morgan fingerprint density at radius 3 is 1.80 bits per heavy atom. The van der Waals surface area contributed by atoms with Crippen LogP contribution in [0.15, 0.2) is 24.4 Å². The summed E-state index contributed by atoms with van der Waals surface area (Å²) in [5.74, 6) is -0.740. The Morgan fingerprint density at radius 1 is 1.13 bits per heavy atom. The molecule has 15 heavy (non-hydrogen) atoms. The second-order valence-electron chi connectivity index (χ2n) is 1.54. The van der Waals surface area contributed by atoms with E-state index in [9.17, 15) is 4.79 Å². The van der Waals surface area contributed by atoms with Gasteiger partial charge in [0.2, 0.25) is 0 Å². The first kappa shape index (κ1) is 37.0. The van der Waals surface area contributed by atoms with Crippen molar-refractivity contribution in [1.82, 2.24) is 4.98 Å². The van der Waals surface area contributed by atoms with Crippen LogP contribution in [0.5, 0.6) is 0 Å². The number of rotatable bonds is 1. The van der Waals surface area contributed by atoms with Crippen molar-refractivity contribution in [3.63, 3.8) is 0 Å². The molecule has 0 bridgehead atoms. The van der Waals surface area contributed by atoms with Gasteiger partial charge in [-0.1, -0.05) is 6.07 Å². The molecule has 0 aliphatic heterocycles. The summed E-state index contributed by atoms with van der Waals surface area (Å²) in [7, 11) is 0. The van der Waals surface area contributed by atoms with Gasteiger partial charge in [0.05, 0.1) is 11.6 Å². The smallest absolute Gasteiger partial charge is 0.693 e. The van der Waals surface area contributed by atoms with Gasteiger partial charge in [-0.3, -0.25) is 4.98 Å². The topological polar surface area (TPSA) is 221 Å². The second kappa shape index (κ2) is 18.7. The van der Waals surface area contributed by atoms with Gasteiger partial charge in [-0.2, -0.15) is 0 Å². The van der Waals surface area contributed by atoms with E-state index >= 15 is 0 Å². The predicted octanol–water partition coefficient (Wildman–Crippen LogP) is 4.97. The molecular weight excluding hydrogens is 245 g/mol. The van der Waals surface area contributed by atoms with Gasteiger partial charge in [-0.25, -0.2) is 0 Å². The minimum atomic E-state index is -0.740. The molecule has 0 aliphatic rings. The summed E-state index contributed by atoms with van der Waals surface area (Å²) in [6, 6.07) is 4.89. The fraction of sp³-hybridized carbons (Fsp3) is 0. The zero-order chi connectivity index (χ0) is 6.69. The number of nitrogens with one attached hydrogen (secondary N) is 1. The molecule has 1 aromatic heterocycles. The molecule has 0 spiro atoms. The Balaban J connectivity index is -0.0000000231. The van der Waals surface area contributed by atoms with Crippen molar-refractivity contribution in [3.8, 4) is 0 Å². The van der Waals surface area contributed by atoms with Crippen LogP contribution >= 0.6 is 0 Å². The van der Waals surface area contributed by atoms with Crippen molar-refractivity contribution < 1.29 is 23.0 Å². The minimum absolute atomic E-state index is 0. The summed E-state index contributed by atoms with van der Waals surface area (Å²) in [4.78, 5) is 13.9. The number of carbonyl (C=O) groups is 1. The first-order chi connectivity index (χ1) is 4.30. The monoisotopic (exact) mass is 261 g/mol. The third-order valence-electron chi connectivity index (χ3n) is 0.898. The van der Waals surface area contributed by atoms with Gasteiger partial charge in [-0.05, 0) is 12.1 Å². The Labute approximate surface area is 101 Å². The van der Waals surface area contributed by atoms with Crippen LogP contribution in [0.4, 0.5) is 0 Å². The van der Waals surface area contributed by atoms with Gasteiger partial charge in [0.15, 0.2) is 0 Å². The molecule has 9 heteroatoms. The molecule has 1 aromatic rings. The Bertz CT molecular complexity index is 225. The van der Waals surface area contributed by atoms with Crippen molar-refractivity contribution in [2.75, 3.05) is 0 Å². The van der Waals surface area contributed by atoms with Gasteiger partial charge in [0.25, 0.3) is 0 Å². The Morgan fingerprint density at radius 2 is 1.60 bits per heavy atom. The molecular formula is C6H16CoN7O-2. The first-order valence-electron chi connectivity index (χ1n) is 2.47. The second-order valence-corrected chi connectivity index (χ2v) is 1.54. The zero-order valence-corrected chi connectivity index (χ0v) is 8.93. The van der Waals surface area contributed by atoms with Crippen molar-refractivity contribution in [2.24, 2.45) is 0 Å². The summed E-state index contributed by atoms with van der Waals surface area (Å²) in [6.07, 6.45) is 1.49. The SMILES string of the molecule is [Co+3].[H+].[NH-]C(=O)c1ccccn1.[NH2-].[NH2-].[NH2-].[NH2-].[NH2-]. The first-order valence-corrected chi connectivity index (χ1v) is 2.47. The molecule has 1 rings (SSSR count). The molecule has 0 saturated carbocycles. The molecule has 0 aromatic carbocycles. The van der Waals surface area contributed by atoms with E-state index in [1.165, 1.54) is 12.3 Å². The zero-order valence-electron chi connectivity index (χ0n) is 8.88. The molecule has 0 radical (unpaired) electrons. The number of amides is 1. The van der Waals surface area contributed by atoms with Gasteiger partial charge >= 0.3 is 18.2 Å². The largest absolute Gasteiger partial charge is 3.00 e. The van der Waals surface area contributed by atoms with Crippen molar-refractivity contribution in [3.05, 3.63) is 66.6 Å². The average Bonchev–Trinajstić information content (AvgIpc) is 1.90. The molecule has 0 unspecified atom stereocenters. The molecule has 92 valence electrons. The van der Waals surface area contributed by atoms with Crippen molar-refractivity contribution >= 4 is 5.91 Å². The summed E-state index contributed by atoms with van der Waals surface area (Å²) >= 11 is 0. The fourth-order valence-electron chi connectivity index (χ4n) is 0.497. The summed E-state index contributed by atoms with van der Waals surface area (Å²) in [5.41, 5.74) is 6.81. The normalized spacial score (nSPS) is 5.33. The molecule has 0 atom stereocenters. The van der Waals surface area contributed by atoms with E-state index in [2.05, 4.69) is 4.98 Å². The summed E-state index contributed by atoms with van der Waals surface area (Å²) in [6.45, 7) is 0. The summed E-state index contributed by atoms with van der Waals surface area (Å²) < 4.78 is 0. The standard InChI is InChI=1S/C6H6N2O.Co.5H2N/c7-6(9)5-3-1-2-4-8-5;;;;;;/h1-4H,(H2,7,9);;5*1H2/q;+3;5*-1. The quantitative estimate of drug-likeness (QED) is 0.681. The Kier molecular flexibility index (Phi) is 46.1. The summed E-state index contributed by atoms with van der Waals surface area (Å²) in [5, 5.41) is 0. The molecule has 11 N–H and O–H groups in total. The van der Waals surface area contributed by atoms with Crippen LogP contribution in [0.25, 0.3) is 36.5 Å².